The van der Waals surface area contributed by atoms with Gasteiger partial charge in [0.25, 0.3) is 0 Å². The van der Waals surface area contributed by atoms with Gasteiger partial charge in [0.2, 0.25) is 0 Å². The molecule has 1 aromatic carbocycles. The first-order valence-electron chi connectivity index (χ1n) is 7.74. The van der Waals surface area contributed by atoms with Gasteiger partial charge in [-0.2, -0.15) is 0 Å². The van der Waals surface area contributed by atoms with Crippen molar-refractivity contribution in [3.8, 4) is 17.2 Å². The van der Waals surface area contributed by atoms with E-state index in [1.165, 1.54) is 5.57 Å². The lowest BCUT2D eigenvalue weighted by Crippen LogP contribution is -2.06. The molecule has 2 aliphatic rings. The zero-order valence-corrected chi connectivity index (χ0v) is 13.4. The predicted molar refractivity (Wildman–Crippen MR) is 84.0 cm³/mol. The van der Waals surface area contributed by atoms with Gasteiger partial charge in [0.05, 0.1) is 21.3 Å². The maximum atomic E-state index is 12.4. The number of ketones is 1. The van der Waals surface area contributed by atoms with Gasteiger partial charge in [0, 0.05) is 30.0 Å². The van der Waals surface area contributed by atoms with Crippen LogP contribution in [0.25, 0.3) is 0 Å². The molecule has 118 valence electrons. The summed E-state index contributed by atoms with van der Waals surface area (Å²) in [6.07, 6.45) is 4.73. The molecule has 4 nitrogen and oxygen atoms in total. The number of allylic oxidation sites excluding steroid dienone is 2. The van der Waals surface area contributed by atoms with E-state index in [-0.39, 0.29) is 5.92 Å². The first-order valence-corrected chi connectivity index (χ1v) is 7.74. The molecule has 1 aromatic rings. The molecule has 0 bridgehead atoms. The molecule has 0 spiro atoms. The maximum absolute atomic E-state index is 12.4. The minimum absolute atomic E-state index is 0.0820. The molecular formula is C18H22O4. The highest BCUT2D eigenvalue weighted by Gasteiger charge is 2.37. The Kier molecular flexibility index (Phi) is 4.10. The van der Waals surface area contributed by atoms with Crippen molar-refractivity contribution in [3.05, 3.63) is 28.8 Å². The first kappa shape index (κ1) is 14.9. The second kappa shape index (κ2) is 6.03. The van der Waals surface area contributed by atoms with Crippen LogP contribution in [0, 0.1) is 0 Å². The zero-order valence-electron chi connectivity index (χ0n) is 13.4. The van der Waals surface area contributed by atoms with Crippen molar-refractivity contribution < 1.29 is 19.0 Å². The largest absolute Gasteiger partial charge is 0.496 e. The number of methoxy groups -OCH3 is 3. The average molecular weight is 302 g/mol. The van der Waals surface area contributed by atoms with E-state index in [1.807, 2.05) is 12.1 Å². The van der Waals surface area contributed by atoms with Crippen LogP contribution in [0.15, 0.2) is 23.3 Å². The lowest BCUT2D eigenvalue weighted by atomic mass is 9.85. The summed E-state index contributed by atoms with van der Waals surface area (Å²) in [6.45, 7) is 0. The monoisotopic (exact) mass is 302 g/mol. The number of rotatable bonds is 4. The molecule has 0 heterocycles. The van der Waals surface area contributed by atoms with Gasteiger partial charge in [-0.1, -0.05) is 5.57 Å². The predicted octanol–water partition coefficient (Wildman–Crippen LogP) is 3.64. The van der Waals surface area contributed by atoms with E-state index < -0.39 is 0 Å². The van der Waals surface area contributed by atoms with E-state index >= 15 is 0 Å². The molecule has 1 atom stereocenters. The Morgan fingerprint density at radius 2 is 1.59 bits per heavy atom. The minimum Gasteiger partial charge on any atom is -0.496 e. The molecule has 0 aliphatic heterocycles. The number of hydrogen-bond donors (Lipinski definition) is 0. The molecule has 0 fully saturated rings. The van der Waals surface area contributed by atoms with Crippen molar-refractivity contribution in [2.45, 2.75) is 38.0 Å². The van der Waals surface area contributed by atoms with E-state index in [1.54, 1.807) is 21.3 Å². The molecule has 22 heavy (non-hydrogen) atoms. The maximum Gasteiger partial charge on any atom is 0.159 e. The Labute approximate surface area is 131 Å². The molecule has 0 unspecified atom stereocenters. The summed E-state index contributed by atoms with van der Waals surface area (Å²) in [5, 5.41) is 0. The van der Waals surface area contributed by atoms with Crippen LogP contribution in [0.2, 0.25) is 0 Å². The normalized spacial score (nSPS) is 20.9. The van der Waals surface area contributed by atoms with Crippen LogP contribution in [0.5, 0.6) is 17.2 Å². The Hall–Kier alpha value is -1.97. The third kappa shape index (κ3) is 2.36. The fourth-order valence-electron chi connectivity index (χ4n) is 3.72. The second-order valence-corrected chi connectivity index (χ2v) is 5.84. The molecule has 0 saturated carbocycles. The molecule has 0 N–H and O–H groups in total. The Bertz CT molecular complexity index is 605. The van der Waals surface area contributed by atoms with E-state index in [4.69, 9.17) is 14.2 Å². The summed E-state index contributed by atoms with van der Waals surface area (Å²) >= 11 is 0. The summed E-state index contributed by atoms with van der Waals surface area (Å²) in [5.74, 6) is 2.53. The third-order valence-electron chi connectivity index (χ3n) is 4.76. The second-order valence-electron chi connectivity index (χ2n) is 5.84. The Balaban J connectivity index is 2.11. The van der Waals surface area contributed by atoms with Crippen LogP contribution in [0.3, 0.4) is 0 Å². The highest BCUT2D eigenvalue weighted by atomic mass is 16.5. The van der Waals surface area contributed by atoms with Crippen LogP contribution >= 0.6 is 0 Å². The van der Waals surface area contributed by atoms with Crippen LogP contribution < -0.4 is 14.2 Å². The summed E-state index contributed by atoms with van der Waals surface area (Å²) in [5.41, 5.74) is 3.32. The fraction of sp³-hybridized carbons (Fsp3) is 0.500. The standard InChI is InChI=1S/C18H22O4/c1-20-11-8-16(21-2)18(17(9-11)22-3)14-10-15(19)13-7-5-4-6-12(13)14/h8-9,14H,4-7,10H2,1-3H3/t14-/m1/s1. The molecule has 4 heteroatoms. The van der Waals surface area contributed by atoms with E-state index in [9.17, 15) is 4.79 Å². The molecule has 3 rings (SSSR count). The first-order chi connectivity index (χ1) is 10.7. The number of carbonyl (C=O) groups is 1. The number of Topliss-reactive ketones (excluding diaryl/α,β-unsaturated/α-hetero) is 1. The van der Waals surface area contributed by atoms with Crippen LogP contribution in [-0.2, 0) is 4.79 Å². The number of hydrogen-bond acceptors (Lipinski definition) is 4. The number of benzene rings is 1. The summed E-state index contributed by atoms with van der Waals surface area (Å²) < 4.78 is 16.4. The summed E-state index contributed by atoms with van der Waals surface area (Å²) in [6, 6.07) is 3.73. The van der Waals surface area contributed by atoms with E-state index in [0.717, 1.165) is 48.3 Å². The SMILES string of the molecule is COc1cc(OC)c([C@@H]2CC(=O)C3=C2CCCC3)c(OC)c1. The van der Waals surface area contributed by atoms with E-state index in [0.29, 0.717) is 18.0 Å². The van der Waals surface area contributed by atoms with Crippen molar-refractivity contribution in [1.29, 1.82) is 0 Å². The van der Waals surface area contributed by atoms with Gasteiger partial charge in [-0.25, -0.2) is 0 Å². The van der Waals surface area contributed by atoms with Gasteiger partial charge < -0.3 is 14.2 Å². The van der Waals surface area contributed by atoms with Gasteiger partial charge in [-0.15, -0.1) is 0 Å². The number of carbonyl (C=O) groups excluding carboxylic acids is 1. The van der Waals surface area contributed by atoms with Gasteiger partial charge in [-0.3, -0.25) is 4.79 Å². The van der Waals surface area contributed by atoms with Crippen LogP contribution in [0.4, 0.5) is 0 Å². The molecule has 0 radical (unpaired) electrons. The smallest absolute Gasteiger partial charge is 0.159 e. The highest BCUT2D eigenvalue weighted by molar-refractivity contribution is 6.00. The van der Waals surface area contributed by atoms with Gasteiger partial charge in [0.15, 0.2) is 5.78 Å². The lowest BCUT2D eigenvalue weighted by Gasteiger charge is -2.23. The third-order valence-corrected chi connectivity index (χ3v) is 4.76. The Morgan fingerprint density at radius 1 is 0.955 bits per heavy atom. The van der Waals surface area contributed by atoms with E-state index in [2.05, 4.69) is 0 Å². The van der Waals surface area contributed by atoms with Crippen LogP contribution in [0.1, 0.15) is 43.6 Å². The number of ether oxygens (including phenoxy) is 3. The van der Waals surface area contributed by atoms with Gasteiger partial charge in [0.1, 0.15) is 17.2 Å². The van der Waals surface area contributed by atoms with Crippen molar-refractivity contribution in [3.63, 3.8) is 0 Å². The molecule has 0 aromatic heterocycles. The lowest BCUT2D eigenvalue weighted by molar-refractivity contribution is -0.115. The molecule has 2 aliphatic carbocycles. The minimum atomic E-state index is 0.0820. The highest BCUT2D eigenvalue weighted by Crippen LogP contribution is 2.50. The topological polar surface area (TPSA) is 44.8 Å². The molecular weight excluding hydrogens is 280 g/mol. The van der Waals surface area contributed by atoms with Gasteiger partial charge >= 0.3 is 0 Å². The molecule has 0 saturated heterocycles. The molecule has 0 amide bonds. The van der Waals surface area contributed by atoms with Gasteiger partial charge in [-0.05, 0) is 31.3 Å². The van der Waals surface area contributed by atoms with Crippen molar-refractivity contribution >= 4 is 5.78 Å². The zero-order chi connectivity index (χ0) is 15.7. The summed E-state index contributed by atoms with van der Waals surface area (Å²) in [4.78, 5) is 12.4. The van der Waals surface area contributed by atoms with Crippen molar-refractivity contribution in [2.75, 3.05) is 21.3 Å². The van der Waals surface area contributed by atoms with Crippen LogP contribution in [-0.4, -0.2) is 27.1 Å². The quantitative estimate of drug-likeness (QED) is 0.852. The summed E-state index contributed by atoms with van der Waals surface area (Å²) in [7, 11) is 4.91. The fourth-order valence-corrected chi connectivity index (χ4v) is 3.72. The Morgan fingerprint density at radius 3 is 2.18 bits per heavy atom. The van der Waals surface area contributed by atoms with Crippen molar-refractivity contribution in [1.82, 2.24) is 0 Å². The van der Waals surface area contributed by atoms with Crippen molar-refractivity contribution in [2.24, 2.45) is 0 Å². The average Bonchev–Trinajstić information content (AvgIpc) is 2.90.